The van der Waals surface area contributed by atoms with E-state index in [9.17, 15) is 0 Å². The average Bonchev–Trinajstić information content (AvgIpc) is 2.63. The summed E-state index contributed by atoms with van der Waals surface area (Å²) in [6, 6.07) is 4.11. The van der Waals surface area contributed by atoms with Gasteiger partial charge in [0.2, 0.25) is 0 Å². The first-order chi connectivity index (χ1) is 7.22. The van der Waals surface area contributed by atoms with E-state index in [2.05, 4.69) is 29.9 Å². The molecule has 0 radical (unpaired) electrons. The fraction of sp³-hybridized carbons (Fsp3) is 0.300. The molecule has 0 aliphatic carbocycles. The fourth-order valence-electron chi connectivity index (χ4n) is 1.54. The lowest BCUT2D eigenvalue weighted by atomic mass is 10.0. The number of rotatable bonds is 3. The number of nitrogens with zero attached hydrogens (tertiary/aromatic N) is 1. The number of hydrogen-bond donors (Lipinski definition) is 2. The Hall–Kier alpha value is -0.650. The summed E-state index contributed by atoms with van der Waals surface area (Å²) in [5.41, 5.74) is 3.22. The van der Waals surface area contributed by atoms with Crippen molar-refractivity contribution in [3.63, 3.8) is 0 Å². The van der Waals surface area contributed by atoms with Gasteiger partial charge in [-0.3, -0.25) is 0 Å². The molecular formula is C10H12N2OS2. The van der Waals surface area contributed by atoms with Crippen molar-refractivity contribution in [1.29, 1.82) is 0 Å². The number of H-pyrrole nitrogens is 1. The molecule has 80 valence electrons. The van der Waals surface area contributed by atoms with Gasteiger partial charge in [-0.1, -0.05) is 13.8 Å². The third kappa shape index (κ3) is 2.14. The van der Waals surface area contributed by atoms with Crippen LogP contribution in [0.2, 0.25) is 0 Å². The molecule has 0 saturated heterocycles. The Morgan fingerprint density at radius 3 is 2.87 bits per heavy atom. The minimum atomic E-state index is 0.437. The van der Waals surface area contributed by atoms with Gasteiger partial charge in [0.15, 0.2) is 0 Å². The van der Waals surface area contributed by atoms with Crippen LogP contribution in [0.25, 0.3) is 11.0 Å². The van der Waals surface area contributed by atoms with E-state index in [0.717, 1.165) is 27.0 Å². The van der Waals surface area contributed by atoms with E-state index in [-0.39, 0.29) is 0 Å². The van der Waals surface area contributed by atoms with Crippen molar-refractivity contribution < 1.29 is 4.55 Å². The van der Waals surface area contributed by atoms with Crippen molar-refractivity contribution in [2.45, 2.75) is 24.7 Å². The maximum absolute atomic E-state index is 8.90. The molecule has 1 heterocycles. The molecule has 2 rings (SSSR count). The van der Waals surface area contributed by atoms with Gasteiger partial charge in [-0.25, -0.2) is 4.98 Å². The first-order valence-electron chi connectivity index (χ1n) is 4.67. The maximum Gasteiger partial charge on any atom is 0.0931 e. The van der Waals surface area contributed by atoms with Crippen LogP contribution in [0, 0.1) is 0 Å². The van der Waals surface area contributed by atoms with Crippen LogP contribution in [0.4, 0.5) is 0 Å². The molecule has 2 N–H and O–H groups in total. The molecule has 1 aromatic carbocycles. The number of benzene rings is 1. The SMILES string of the molecule is CC(C)c1cc2[nH]cnc2cc1SSO. The molecule has 1 aromatic heterocycles. The van der Waals surface area contributed by atoms with Crippen LogP contribution in [0.5, 0.6) is 0 Å². The number of aromatic amines is 1. The van der Waals surface area contributed by atoms with E-state index in [4.69, 9.17) is 4.55 Å². The van der Waals surface area contributed by atoms with E-state index < -0.39 is 0 Å². The predicted molar refractivity (Wildman–Crippen MR) is 66.3 cm³/mol. The summed E-state index contributed by atoms with van der Waals surface area (Å²) in [5, 5.41) is 0. The molecule has 0 aliphatic heterocycles. The van der Waals surface area contributed by atoms with Crippen LogP contribution >= 0.6 is 21.9 Å². The highest BCUT2D eigenvalue weighted by atomic mass is 33.1. The highest BCUT2D eigenvalue weighted by Crippen LogP contribution is 2.36. The first kappa shape index (κ1) is 10.9. The highest BCUT2D eigenvalue weighted by Gasteiger charge is 2.10. The molecule has 15 heavy (non-hydrogen) atoms. The fourth-order valence-corrected chi connectivity index (χ4v) is 2.85. The molecule has 0 amide bonds. The van der Waals surface area contributed by atoms with Crippen molar-refractivity contribution in [3.8, 4) is 0 Å². The summed E-state index contributed by atoms with van der Waals surface area (Å²) in [5.74, 6) is 0.437. The Kier molecular flexibility index (Phi) is 3.23. The molecule has 0 fully saturated rings. The van der Waals surface area contributed by atoms with Gasteiger partial charge < -0.3 is 9.54 Å². The second kappa shape index (κ2) is 4.47. The summed E-state index contributed by atoms with van der Waals surface area (Å²) in [7, 11) is 1.37. The van der Waals surface area contributed by atoms with Crippen LogP contribution in [0.1, 0.15) is 25.3 Å². The van der Waals surface area contributed by atoms with Crippen LogP contribution in [-0.4, -0.2) is 14.5 Å². The summed E-state index contributed by atoms with van der Waals surface area (Å²) in [6.45, 7) is 4.28. The van der Waals surface area contributed by atoms with E-state index in [0.29, 0.717) is 5.92 Å². The number of fused-ring (bicyclic) bond motifs is 1. The molecule has 0 unspecified atom stereocenters. The highest BCUT2D eigenvalue weighted by molar-refractivity contribution is 8.74. The van der Waals surface area contributed by atoms with Crippen molar-refractivity contribution in [2.75, 3.05) is 0 Å². The van der Waals surface area contributed by atoms with Crippen LogP contribution < -0.4 is 0 Å². The third-order valence-electron chi connectivity index (χ3n) is 2.30. The predicted octanol–water partition coefficient (Wildman–Crippen LogP) is 3.90. The Labute approximate surface area is 96.3 Å². The number of aromatic nitrogens is 2. The van der Waals surface area contributed by atoms with Crippen LogP contribution in [0.15, 0.2) is 23.4 Å². The zero-order valence-corrected chi connectivity index (χ0v) is 10.2. The molecule has 0 bridgehead atoms. The van der Waals surface area contributed by atoms with Crippen molar-refractivity contribution in [3.05, 3.63) is 24.0 Å². The van der Waals surface area contributed by atoms with E-state index >= 15 is 0 Å². The molecule has 0 aliphatic rings. The van der Waals surface area contributed by atoms with Crippen molar-refractivity contribution in [1.82, 2.24) is 9.97 Å². The van der Waals surface area contributed by atoms with Gasteiger partial charge in [0.1, 0.15) is 0 Å². The lowest BCUT2D eigenvalue weighted by Crippen LogP contribution is -1.90. The zero-order chi connectivity index (χ0) is 10.8. The Morgan fingerprint density at radius 2 is 2.20 bits per heavy atom. The smallest absolute Gasteiger partial charge is 0.0931 e. The Morgan fingerprint density at radius 1 is 1.40 bits per heavy atom. The number of nitrogens with one attached hydrogen (secondary N) is 1. The molecule has 0 atom stereocenters. The lowest BCUT2D eigenvalue weighted by Gasteiger charge is -2.10. The van der Waals surface area contributed by atoms with E-state index in [1.54, 1.807) is 6.33 Å². The van der Waals surface area contributed by atoms with Crippen molar-refractivity contribution >= 4 is 32.9 Å². The second-order valence-corrected chi connectivity index (χ2v) is 5.33. The summed E-state index contributed by atoms with van der Waals surface area (Å²) in [4.78, 5) is 8.38. The number of imidazole rings is 1. The zero-order valence-electron chi connectivity index (χ0n) is 8.52. The van der Waals surface area contributed by atoms with Gasteiger partial charge in [-0.05, 0) is 34.4 Å². The average molecular weight is 240 g/mol. The molecular weight excluding hydrogens is 228 g/mol. The quantitative estimate of drug-likeness (QED) is 0.631. The minimum absolute atomic E-state index is 0.437. The third-order valence-corrected chi connectivity index (χ3v) is 3.67. The second-order valence-electron chi connectivity index (χ2n) is 3.62. The van der Waals surface area contributed by atoms with Gasteiger partial charge >= 0.3 is 0 Å². The van der Waals surface area contributed by atoms with E-state index in [1.165, 1.54) is 16.4 Å². The number of hydrogen-bond acceptors (Lipinski definition) is 4. The van der Waals surface area contributed by atoms with Gasteiger partial charge in [0.25, 0.3) is 0 Å². The van der Waals surface area contributed by atoms with Crippen molar-refractivity contribution in [2.24, 2.45) is 0 Å². The largest absolute Gasteiger partial charge is 0.345 e. The lowest BCUT2D eigenvalue weighted by molar-refractivity contribution is 0.676. The molecule has 3 nitrogen and oxygen atoms in total. The Bertz CT molecular complexity index is 467. The molecule has 0 spiro atoms. The minimum Gasteiger partial charge on any atom is -0.345 e. The first-order valence-corrected chi connectivity index (χ1v) is 6.78. The monoisotopic (exact) mass is 240 g/mol. The van der Waals surface area contributed by atoms with Gasteiger partial charge in [-0.2, -0.15) is 0 Å². The van der Waals surface area contributed by atoms with E-state index in [1.807, 2.05) is 6.07 Å². The summed E-state index contributed by atoms with van der Waals surface area (Å²) >= 11 is 0.776. The summed E-state index contributed by atoms with van der Waals surface area (Å²) in [6.07, 6.45) is 1.69. The van der Waals surface area contributed by atoms with Gasteiger partial charge in [0, 0.05) is 4.90 Å². The standard InChI is InChI=1S/C10H12N2OS2/c1-6(2)7-3-8-9(12-5-11-8)4-10(7)14-15-13/h3-6,13H,1-2H3,(H,11,12). The van der Waals surface area contributed by atoms with Crippen LogP contribution in [0.3, 0.4) is 0 Å². The molecule has 2 aromatic rings. The Balaban J connectivity index is 2.57. The van der Waals surface area contributed by atoms with Crippen LogP contribution in [-0.2, 0) is 0 Å². The molecule has 5 heteroatoms. The normalized spacial score (nSPS) is 11.5. The molecule has 0 saturated carbocycles. The van der Waals surface area contributed by atoms with Gasteiger partial charge in [-0.15, -0.1) is 0 Å². The summed E-state index contributed by atoms with van der Waals surface area (Å²) < 4.78 is 8.90. The van der Waals surface area contributed by atoms with Gasteiger partial charge in [0.05, 0.1) is 28.4 Å². The topological polar surface area (TPSA) is 48.9 Å². The maximum atomic E-state index is 8.90.